The molecule has 1 aromatic rings. The Balaban J connectivity index is 2.06. The Morgan fingerprint density at radius 2 is 2.26 bits per heavy atom. The molecule has 7 heteroatoms. The minimum Gasteiger partial charge on any atom is -0.338 e. The number of nitrogens with zero attached hydrogens (tertiary/aromatic N) is 2. The lowest BCUT2D eigenvalue weighted by Gasteiger charge is -2.26. The number of amides is 1. The number of carbonyl (C=O) groups excluding carboxylic acids is 1. The summed E-state index contributed by atoms with van der Waals surface area (Å²) in [6.45, 7) is 1.90. The standard InChI is InChI=1S/C12H17N3O3S/c1-14(9-3-2-7-13-8-6-9)12(16)10-4-5-11(19-10)15(17)18/h4-5,9,13H,2-3,6-8H2,1H3. The predicted octanol–water partition coefficient (Wildman–Crippen LogP) is 1.87. The molecule has 0 aromatic carbocycles. The Morgan fingerprint density at radius 1 is 1.47 bits per heavy atom. The first-order valence-electron chi connectivity index (χ1n) is 6.31. The van der Waals surface area contributed by atoms with Gasteiger partial charge >= 0.3 is 5.00 Å². The Labute approximate surface area is 115 Å². The minimum atomic E-state index is -0.461. The van der Waals surface area contributed by atoms with Gasteiger partial charge in [0, 0.05) is 19.2 Å². The van der Waals surface area contributed by atoms with Gasteiger partial charge in [-0.3, -0.25) is 14.9 Å². The second kappa shape index (κ2) is 6.12. The first kappa shape index (κ1) is 14.0. The molecule has 104 valence electrons. The highest BCUT2D eigenvalue weighted by atomic mass is 32.1. The number of nitrogens with one attached hydrogen (secondary N) is 1. The van der Waals surface area contributed by atoms with E-state index in [1.54, 1.807) is 11.9 Å². The van der Waals surface area contributed by atoms with Crippen LogP contribution in [-0.2, 0) is 0 Å². The SMILES string of the molecule is CN(C(=O)c1ccc([N+](=O)[O-])s1)C1CCCNCC1. The first-order valence-corrected chi connectivity index (χ1v) is 7.13. The van der Waals surface area contributed by atoms with E-state index in [1.807, 2.05) is 0 Å². The average Bonchev–Trinajstić information content (AvgIpc) is 2.73. The number of hydrogen-bond acceptors (Lipinski definition) is 5. The molecule has 1 aliphatic heterocycles. The van der Waals surface area contributed by atoms with Gasteiger partial charge in [-0.2, -0.15) is 0 Å². The van der Waals surface area contributed by atoms with Gasteiger partial charge in [-0.15, -0.1) is 0 Å². The number of nitro groups is 1. The molecule has 19 heavy (non-hydrogen) atoms. The maximum Gasteiger partial charge on any atom is 0.324 e. The molecule has 1 aromatic heterocycles. The fourth-order valence-corrected chi connectivity index (χ4v) is 3.07. The summed E-state index contributed by atoms with van der Waals surface area (Å²) in [5, 5.41) is 14.0. The van der Waals surface area contributed by atoms with Crippen LogP contribution in [0.2, 0.25) is 0 Å². The number of hydrogen-bond donors (Lipinski definition) is 1. The number of thiophene rings is 1. The molecule has 1 unspecified atom stereocenters. The zero-order chi connectivity index (χ0) is 13.8. The zero-order valence-electron chi connectivity index (χ0n) is 10.8. The summed E-state index contributed by atoms with van der Waals surface area (Å²) in [6.07, 6.45) is 2.95. The zero-order valence-corrected chi connectivity index (χ0v) is 11.6. The molecular formula is C12H17N3O3S. The molecule has 1 aliphatic rings. The van der Waals surface area contributed by atoms with Crippen LogP contribution in [0.4, 0.5) is 5.00 Å². The van der Waals surface area contributed by atoms with Crippen LogP contribution < -0.4 is 5.32 Å². The van der Waals surface area contributed by atoms with Gasteiger partial charge in [0.15, 0.2) is 0 Å². The quantitative estimate of drug-likeness (QED) is 0.678. The molecule has 2 heterocycles. The van der Waals surface area contributed by atoms with Gasteiger partial charge < -0.3 is 10.2 Å². The second-order valence-electron chi connectivity index (χ2n) is 4.65. The number of rotatable bonds is 3. The van der Waals surface area contributed by atoms with Crippen LogP contribution in [0.15, 0.2) is 12.1 Å². The monoisotopic (exact) mass is 283 g/mol. The summed E-state index contributed by atoms with van der Waals surface area (Å²) in [6, 6.07) is 3.14. The van der Waals surface area contributed by atoms with Crippen molar-refractivity contribution in [1.82, 2.24) is 10.2 Å². The van der Waals surface area contributed by atoms with Crippen LogP contribution >= 0.6 is 11.3 Å². The molecule has 1 N–H and O–H groups in total. The summed E-state index contributed by atoms with van der Waals surface area (Å²) in [7, 11) is 1.78. The van der Waals surface area contributed by atoms with Crippen LogP contribution in [0, 0.1) is 10.1 Å². The third-order valence-electron chi connectivity index (χ3n) is 3.40. The fraction of sp³-hybridized carbons (Fsp3) is 0.583. The topological polar surface area (TPSA) is 75.5 Å². The average molecular weight is 283 g/mol. The van der Waals surface area contributed by atoms with Crippen LogP contribution in [0.3, 0.4) is 0 Å². The van der Waals surface area contributed by atoms with E-state index < -0.39 is 4.92 Å². The van der Waals surface area contributed by atoms with Crippen LogP contribution in [0.25, 0.3) is 0 Å². The molecular weight excluding hydrogens is 266 g/mol. The predicted molar refractivity (Wildman–Crippen MR) is 73.6 cm³/mol. The molecule has 6 nitrogen and oxygen atoms in total. The van der Waals surface area contributed by atoms with Gasteiger partial charge in [0.2, 0.25) is 0 Å². The van der Waals surface area contributed by atoms with Crippen molar-refractivity contribution in [2.24, 2.45) is 0 Å². The Morgan fingerprint density at radius 3 is 2.95 bits per heavy atom. The van der Waals surface area contributed by atoms with E-state index >= 15 is 0 Å². The Kier molecular flexibility index (Phi) is 4.49. The van der Waals surface area contributed by atoms with E-state index in [-0.39, 0.29) is 17.0 Å². The Bertz CT molecular complexity index is 467. The van der Waals surface area contributed by atoms with Crippen molar-refractivity contribution in [2.75, 3.05) is 20.1 Å². The first-order chi connectivity index (χ1) is 9.09. The summed E-state index contributed by atoms with van der Waals surface area (Å²) in [5.41, 5.74) is 0. The third-order valence-corrected chi connectivity index (χ3v) is 4.42. The lowest BCUT2D eigenvalue weighted by molar-refractivity contribution is -0.380. The minimum absolute atomic E-state index is 0.0132. The highest BCUT2D eigenvalue weighted by Gasteiger charge is 2.24. The Hall–Kier alpha value is -1.47. The van der Waals surface area contributed by atoms with Crippen molar-refractivity contribution in [3.63, 3.8) is 0 Å². The van der Waals surface area contributed by atoms with E-state index in [0.29, 0.717) is 4.88 Å². The number of carbonyl (C=O) groups is 1. The van der Waals surface area contributed by atoms with Gasteiger partial charge in [-0.05, 0) is 38.4 Å². The van der Waals surface area contributed by atoms with Crippen molar-refractivity contribution in [3.05, 3.63) is 27.1 Å². The van der Waals surface area contributed by atoms with E-state index in [1.165, 1.54) is 12.1 Å². The molecule has 1 fully saturated rings. The normalized spacial score (nSPS) is 19.7. The molecule has 1 saturated heterocycles. The smallest absolute Gasteiger partial charge is 0.324 e. The highest BCUT2D eigenvalue weighted by molar-refractivity contribution is 7.17. The molecule has 1 amide bonds. The molecule has 0 aliphatic carbocycles. The summed E-state index contributed by atoms with van der Waals surface area (Å²) >= 11 is 0.941. The van der Waals surface area contributed by atoms with E-state index in [9.17, 15) is 14.9 Å². The van der Waals surface area contributed by atoms with Crippen molar-refractivity contribution >= 4 is 22.2 Å². The molecule has 1 atom stereocenters. The molecule has 0 bridgehead atoms. The molecule has 0 spiro atoms. The maximum atomic E-state index is 12.3. The van der Waals surface area contributed by atoms with Crippen molar-refractivity contribution in [3.8, 4) is 0 Å². The van der Waals surface area contributed by atoms with Gasteiger partial charge in [0.05, 0.1) is 9.80 Å². The van der Waals surface area contributed by atoms with Gasteiger partial charge in [0.25, 0.3) is 5.91 Å². The highest BCUT2D eigenvalue weighted by Crippen LogP contribution is 2.26. The van der Waals surface area contributed by atoms with Crippen LogP contribution in [0.1, 0.15) is 28.9 Å². The summed E-state index contributed by atoms with van der Waals surface area (Å²) in [5.74, 6) is -0.120. The third kappa shape index (κ3) is 3.30. The van der Waals surface area contributed by atoms with Gasteiger partial charge in [-0.1, -0.05) is 11.3 Å². The van der Waals surface area contributed by atoms with Crippen molar-refractivity contribution in [2.45, 2.75) is 25.3 Å². The second-order valence-corrected chi connectivity index (χ2v) is 5.71. The fourth-order valence-electron chi connectivity index (χ4n) is 2.27. The lowest BCUT2D eigenvalue weighted by Crippen LogP contribution is -2.37. The molecule has 0 saturated carbocycles. The summed E-state index contributed by atoms with van der Waals surface area (Å²) < 4.78 is 0. The molecule has 2 rings (SSSR count). The molecule has 0 radical (unpaired) electrons. The van der Waals surface area contributed by atoms with E-state index in [2.05, 4.69) is 5.32 Å². The summed E-state index contributed by atoms with van der Waals surface area (Å²) in [4.78, 5) is 24.6. The van der Waals surface area contributed by atoms with Crippen LogP contribution in [-0.4, -0.2) is 41.9 Å². The largest absolute Gasteiger partial charge is 0.338 e. The van der Waals surface area contributed by atoms with E-state index in [0.717, 1.165) is 43.7 Å². The van der Waals surface area contributed by atoms with Gasteiger partial charge in [0.1, 0.15) is 0 Å². The van der Waals surface area contributed by atoms with Crippen LogP contribution in [0.5, 0.6) is 0 Å². The van der Waals surface area contributed by atoms with Gasteiger partial charge in [-0.25, -0.2) is 0 Å². The van der Waals surface area contributed by atoms with Crippen molar-refractivity contribution < 1.29 is 9.72 Å². The van der Waals surface area contributed by atoms with E-state index in [4.69, 9.17) is 0 Å². The maximum absolute atomic E-state index is 12.3. The lowest BCUT2D eigenvalue weighted by atomic mass is 10.1. The van der Waals surface area contributed by atoms with Crippen molar-refractivity contribution in [1.29, 1.82) is 0 Å².